The molecule has 1 heterocycles. The number of carbonyl (C=O) groups is 1. The third kappa shape index (κ3) is 1.87. The van der Waals surface area contributed by atoms with E-state index in [0.29, 0.717) is 5.57 Å². The first-order valence-electron chi connectivity index (χ1n) is 7.47. The fourth-order valence-corrected chi connectivity index (χ4v) is 3.64. The number of esters is 1. The zero-order chi connectivity index (χ0) is 15.5. The lowest BCUT2D eigenvalue weighted by Crippen LogP contribution is -2.33. The Labute approximate surface area is 129 Å². The maximum Gasteiger partial charge on any atom is 0.336 e. The molecule has 114 valence electrons. The number of benzene rings is 1. The summed E-state index contributed by atoms with van der Waals surface area (Å²) in [7, 11) is 1.40. The number of allylic oxidation sites excluding steroid dienone is 2. The van der Waals surface area contributed by atoms with Crippen LogP contribution in [0.15, 0.2) is 41.5 Å². The summed E-state index contributed by atoms with van der Waals surface area (Å²) in [6.07, 6.45) is 2.08. The third-order valence-electron chi connectivity index (χ3n) is 4.47. The topological polar surface area (TPSA) is 44.8 Å². The van der Waals surface area contributed by atoms with Crippen LogP contribution in [0.25, 0.3) is 5.57 Å². The van der Waals surface area contributed by atoms with Gasteiger partial charge in [-0.25, -0.2) is 4.79 Å². The first-order valence-corrected chi connectivity index (χ1v) is 7.47. The number of carbonyl (C=O) groups excluding carboxylic acids is 1. The lowest BCUT2D eigenvalue weighted by Gasteiger charge is -2.25. The Morgan fingerprint density at radius 2 is 1.95 bits per heavy atom. The number of fused-ring (bicyclic) bond motifs is 4. The van der Waals surface area contributed by atoms with Crippen LogP contribution in [0.1, 0.15) is 25.0 Å². The maximum absolute atomic E-state index is 12.1. The van der Waals surface area contributed by atoms with Gasteiger partial charge in [0.2, 0.25) is 0 Å². The standard InChI is InChI=1S/C18H18O4/c1-18(2)21-15-13(17(19)20-3)9-11-8-10-6-4-5-7-12(10)14(11)16(15)22-18/h4-7,9,15-16H,8H2,1-3H3/t15-,16+/m0/s1. The summed E-state index contributed by atoms with van der Waals surface area (Å²) in [5, 5.41) is 0. The van der Waals surface area contributed by atoms with Crippen LogP contribution in [-0.2, 0) is 25.4 Å². The summed E-state index contributed by atoms with van der Waals surface area (Å²) in [5.74, 6) is -1.07. The van der Waals surface area contributed by atoms with E-state index in [2.05, 4.69) is 12.1 Å². The van der Waals surface area contributed by atoms with E-state index in [1.54, 1.807) is 0 Å². The van der Waals surface area contributed by atoms with Gasteiger partial charge in [0, 0.05) is 0 Å². The Hall–Kier alpha value is -1.91. The molecule has 2 atom stereocenters. The molecule has 3 aliphatic rings. The Morgan fingerprint density at radius 3 is 2.73 bits per heavy atom. The molecule has 0 saturated carbocycles. The van der Waals surface area contributed by atoms with Crippen LogP contribution in [0.2, 0.25) is 0 Å². The van der Waals surface area contributed by atoms with Crippen molar-refractivity contribution >= 4 is 11.5 Å². The van der Waals surface area contributed by atoms with Crippen LogP contribution >= 0.6 is 0 Å². The monoisotopic (exact) mass is 298 g/mol. The second kappa shape index (κ2) is 4.54. The van der Waals surface area contributed by atoms with Crippen molar-refractivity contribution in [3.05, 3.63) is 52.6 Å². The number of ether oxygens (including phenoxy) is 3. The molecule has 0 aromatic heterocycles. The molecule has 4 nitrogen and oxygen atoms in total. The van der Waals surface area contributed by atoms with Crippen LogP contribution in [-0.4, -0.2) is 31.1 Å². The molecule has 0 unspecified atom stereocenters. The predicted molar refractivity (Wildman–Crippen MR) is 81.0 cm³/mol. The van der Waals surface area contributed by atoms with Crippen molar-refractivity contribution in [1.82, 2.24) is 0 Å². The lowest BCUT2D eigenvalue weighted by molar-refractivity contribution is -0.145. The zero-order valence-corrected chi connectivity index (χ0v) is 12.9. The van der Waals surface area contributed by atoms with Gasteiger partial charge in [-0.05, 0) is 48.6 Å². The van der Waals surface area contributed by atoms with Crippen molar-refractivity contribution < 1.29 is 19.0 Å². The van der Waals surface area contributed by atoms with Crippen LogP contribution < -0.4 is 0 Å². The maximum atomic E-state index is 12.1. The van der Waals surface area contributed by atoms with Crippen molar-refractivity contribution in [3.8, 4) is 0 Å². The molecule has 0 N–H and O–H groups in total. The summed E-state index contributed by atoms with van der Waals surface area (Å²) in [6.45, 7) is 3.75. The van der Waals surface area contributed by atoms with Gasteiger partial charge in [0.15, 0.2) is 5.79 Å². The van der Waals surface area contributed by atoms with Crippen LogP contribution in [0, 0.1) is 0 Å². The zero-order valence-electron chi connectivity index (χ0n) is 12.9. The second-order valence-electron chi connectivity index (χ2n) is 6.34. The minimum absolute atomic E-state index is 0.257. The summed E-state index contributed by atoms with van der Waals surface area (Å²) < 4.78 is 17.0. The van der Waals surface area contributed by atoms with Gasteiger partial charge >= 0.3 is 5.97 Å². The molecule has 0 radical (unpaired) electrons. The van der Waals surface area contributed by atoms with Crippen LogP contribution in [0.3, 0.4) is 0 Å². The number of methoxy groups -OCH3 is 1. The highest BCUT2D eigenvalue weighted by molar-refractivity contribution is 5.95. The van der Waals surface area contributed by atoms with Crippen molar-refractivity contribution in [3.63, 3.8) is 0 Å². The molecule has 4 heteroatoms. The van der Waals surface area contributed by atoms with Crippen molar-refractivity contribution in [2.24, 2.45) is 0 Å². The molecule has 1 aromatic carbocycles. The first kappa shape index (κ1) is 13.7. The molecule has 2 aliphatic carbocycles. The van der Waals surface area contributed by atoms with E-state index in [4.69, 9.17) is 14.2 Å². The number of hydrogen-bond donors (Lipinski definition) is 0. The minimum atomic E-state index is -0.720. The fourth-order valence-electron chi connectivity index (χ4n) is 3.64. The van der Waals surface area contributed by atoms with Crippen LogP contribution in [0.4, 0.5) is 0 Å². The summed E-state index contributed by atoms with van der Waals surface area (Å²) in [5.41, 5.74) is 5.29. The molecule has 1 fully saturated rings. The molecule has 1 saturated heterocycles. The van der Waals surface area contributed by atoms with Gasteiger partial charge in [-0.2, -0.15) is 0 Å². The Bertz CT molecular complexity index is 726. The van der Waals surface area contributed by atoms with Crippen LogP contribution in [0.5, 0.6) is 0 Å². The van der Waals surface area contributed by atoms with E-state index >= 15 is 0 Å². The van der Waals surface area contributed by atoms with Crippen molar-refractivity contribution in [1.29, 1.82) is 0 Å². The summed E-state index contributed by atoms with van der Waals surface area (Å²) >= 11 is 0. The van der Waals surface area contributed by atoms with Gasteiger partial charge in [-0.1, -0.05) is 24.3 Å². The molecular weight excluding hydrogens is 280 g/mol. The predicted octanol–water partition coefficient (Wildman–Crippen LogP) is 2.63. The second-order valence-corrected chi connectivity index (χ2v) is 6.34. The largest absolute Gasteiger partial charge is 0.466 e. The average Bonchev–Trinajstić information content (AvgIpc) is 3.01. The highest BCUT2D eigenvalue weighted by Crippen LogP contribution is 2.48. The highest BCUT2D eigenvalue weighted by Gasteiger charge is 2.50. The quantitative estimate of drug-likeness (QED) is 0.748. The average molecular weight is 298 g/mol. The van der Waals surface area contributed by atoms with E-state index in [-0.39, 0.29) is 12.1 Å². The SMILES string of the molecule is COC(=O)C1=CC2=C(c3ccccc3C2)[C@H]2OC(C)(C)O[C@@H]12. The summed E-state index contributed by atoms with van der Waals surface area (Å²) in [6, 6.07) is 8.30. The van der Waals surface area contributed by atoms with Crippen molar-refractivity contribution in [2.45, 2.75) is 38.3 Å². The molecule has 22 heavy (non-hydrogen) atoms. The van der Waals surface area contributed by atoms with Gasteiger partial charge < -0.3 is 14.2 Å². The number of hydrogen-bond acceptors (Lipinski definition) is 4. The fraction of sp³-hybridized carbons (Fsp3) is 0.389. The van der Waals surface area contributed by atoms with E-state index in [1.807, 2.05) is 32.1 Å². The Morgan fingerprint density at radius 1 is 1.23 bits per heavy atom. The Balaban J connectivity index is 1.86. The molecule has 0 bridgehead atoms. The van der Waals surface area contributed by atoms with Gasteiger partial charge in [0.1, 0.15) is 12.2 Å². The van der Waals surface area contributed by atoms with E-state index in [0.717, 1.165) is 17.6 Å². The van der Waals surface area contributed by atoms with Gasteiger partial charge in [-0.3, -0.25) is 0 Å². The summed E-state index contributed by atoms with van der Waals surface area (Å²) in [4.78, 5) is 12.1. The molecule has 0 amide bonds. The normalized spacial score (nSPS) is 27.9. The van der Waals surface area contributed by atoms with Gasteiger partial charge in [-0.15, -0.1) is 0 Å². The van der Waals surface area contributed by atoms with E-state index < -0.39 is 11.9 Å². The number of rotatable bonds is 1. The van der Waals surface area contributed by atoms with E-state index in [9.17, 15) is 4.79 Å². The highest BCUT2D eigenvalue weighted by atomic mass is 16.8. The lowest BCUT2D eigenvalue weighted by atomic mass is 9.87. The van der Waals surface area contributed by atoms with Gasteiger partial charge in [0.25, 0.3) is 0 Å². The molecule has 4 rings (SSSR count). The smallest absolute Gasteiger partial charge is 0.336 e. The Kier molecular flexibility index (Phi) is 2.83. The first-order chi connectivity index (χ1) is 10.5. The molecule has 1 aliphatic heterocycles. The van der Waals surface area contributed by atoms with Crippen molar-refractivity contribution in [2.75, 3.05) is 7.11 Å². The third-order valence-corrected chi connectivity index (χ3v) is 4.47. The van der Waals surface area contributed by atoms with E-state index in [1.165, 1.54) is 18.2 Å². The molecule has 0 spiro atoms. The van der Waals surface area contributed by atoms with Gasteiger partial charge in [0.05, 0.1) is 12.7 Å². The molecular formula is C18H18O4. The minimum Gasteiger partial charge on any atom is -0.466 e. The molecule has 1 aromatic rings.